The van der Waals surface area contributed by atoms with Gasteiger partial charge in [0.1, 0.15) is 0 Å². The molecule has 0 saturated heterocycles. The highest BCUT2D eigenvalue weighted by molar-refractivity contribution is 7.99. The summed E-state index contributed by atoms with van der Waals surface area (Å²) in [7, 11) is 0. The molecule has 0 aromatic heterocycles. The van der Waals surface area contributed by atoms with Gasteiger partial charge in [-0.15, -0.1) is 0 Å². The Balaban J connectivity index is 1.49. The lowest BCUT2D eigenvalue weighted by Gasteiger charge is -2.18. The lowest BCUT2D eigenvalue weighted by Crippen LogP contribution is -2.44. The van der Waals surface area contributed by atoms with E-state index in [4.69, 9.17) is 0 Å². The van der Waals surface area contributed by atoms with E-state index >= 15 is 0 Å². The molecule has 0 N–H and O–H groups in total. The van der Waals surface area contributed by atoms with Crippen molar-refractivity contribution < 1.29 is 0 Å². The molecular formula is C33H29BS. The standard InChI is InChI=1S/C33H29BS/c1-3-5-12-29(4-2)34(30-13-7-6-8-14-30)31-22-20-25(21-23-31)28-19-18-27-17-16-26-11-9-10-15-32(26)35-33(27)24-28/h3,5-24H,4H2,1-2H3/b5-3-,29-12+. The maximum Gasteiger partial charge on any atom is 0.237 e. The van der Waals surface area contributed by atoms with Crippen LogP contribution in [0.25, 0.3) is 23.3 Å². The molecule has 2 heteroatoms. The summed E-state index contributed by atoms with van der Waals surface area (Å²) < 4.78 is 0. The molecule has 0 amide bonds. The van der Waals surface area contributed by atoms with Gasteiger partial charge in [-0.25, -0.2) is 0 Å². The van der Waals surface area contributed by atoms with Gasteiger partial charge in [0.05, 0.1) is 0 Å². The van der Waals surface area contributed by atoms with Gasteiger partial charge in [-0.3, -0.25) is 0 Å². The zero-order chi connectivity index (χ0) is 24.0. The van der Waals surface area contributed by atoms with Crippen molar-refractivity contribution in [3.63, 3.8) is 0 Å². The van der Waals surface area contributed by atoms with Crippen molar-refractivity contribution in [2.45, 2.75) is 30.1 Å². The first-order valence-electron chi connectivity index (χ1n) is 12.3. The van der Waals surface area contributed by atoms with E-state index in [2.05, 4.69) is 141 Å². The van der Waals surface area contributed by atoms with E-state index in [9.17, 15) is 0 Å². The molecule has 0 saturated carbocycles. The quantitative estimate of drug-likeness (QED) is 0.179. The van der Waals surface area contributed by atoms with Crippen LogP contribution in [0.1, 0.15) is 31.4 Å². The third-order valence-corrected chi connectivity index (χ3v) is 7.75. The smallest absolute Gasteiger partial charge is 0.0911 e. The fourth-order valence-corrected chi connectivity index (χ4v) is 5.80. The van der Waals surface area contributed by atoms with E-state index in [1.807, 2.05) is 11.8 Å². The molecule has 0 nitrogen and oxygen atoms in total. The molecule has 1 heterocycles. The van der Waals surface area contributed by atoms with E-state index in [0.717, 1.165) is 6.42 Å². The van der Waals surface area contributed by atoms with Crippen molar-refractivity contribution in [3.05, 3.63) is 132 Å². The van der Waals surface area contributed by atoms with Gasteiger partial charge in [-0.2, -0.15) is 0 Å². The second kappa shape index (κ2) is 10.8. The van der Waals surface area contributed by atoms with Gasteiger partial charge < -0.3 is 0 Å². The van der Waals surface area contributed by atoms with Crippen molar-refractivity contribution in [1.29, 1.82) is 0 Å². The first-order valence-corrected chi connectivity index (χ1v) is 13.1. The fraction of sp³-hybridized carbons (Fsp3) is 0.0909. The Morgan fingerprint density at radius 1 is 0.714 bits per heavy atom. The number of fused-ring (bicyclic) bond motifs is 2. The van der Waals surface area contributed by atoms with Crippen LogP contribution in [0.2, 0.25) is 0 Å². The van der Waals surface area contributed by atoms with Crippen LogP contribution in [-0.4, -0.2) is 6.71 Å². The van der Waals surface area contributed by atoms with Crippen molar-refractivity contribution in [2.75, 3.05) is 0 Å². The molecule has 4 aromatic carbocycles. The predicted molar refractivity (Wildman–Crippen MR) is 156 cm³/mol. The first-order chi connectivity index (χ1) is 17.3. The Hall–Kier alpha value is -3.49. The number of hydrogen-bond donors (Lipinski definition) is 0. The molecule has 0 aliphatic carbocycles. The highest BCUT2D eigenvalue weighted by Gasteiger charge is 2.22. The third kappa shape index (κ3) is 5.13. The number of allylic oxidation sites excluding steroid dienone is 4. The van der Waals surface area contributed by atoms with Crippen LogP contribution in [-0.2, 0) is 0 Å². The van der Waals surface area contributed by atoms with E-state index in [1.54, 1.807) is 0 Å². The Morgan fingerprint density at radius 3 is 2.11 bits per heavy atom. The third-order valence-electron chi connectivity index (χ3n) is 6.59. The summed E-state index contributed by atoms with van der Waals surface area (Å²) in [5, 5.41) is 0. The largest absolute Gasteiger partial charge is 0.237 e. The van der Waals surface area contributed by atoms with E-state index < -0.39 is 0 Å². The minimum absolute atomic E-state index is 0.260. The second-order valence-corrected chi connectivity index (χ2v) is 9.90. The number of benzene rings is 4. The minimum Gasteiger partial charge on any atom is -0.0911 e. The molecule has 4 aromatic rings. The average molecular weight is 468 g/mol. The van der Waals surface area contributed by atoms with Crippen LogP contribution < -0.4 is 10.9 Å². The lowest BCUT2D eigenvalue weighted by atomic mass is 9.35. The summed E-state index contributed by atoms with van der Waals surface area (Å²) in [6.07, 6.45) is 12.0. The molecule has 1 aliphatic heterocycles. The van der Waals surface area contributed by atoms with Crippen LogP contribution >= 0.6 is 11.8 Å². The molecule has 5 rings (SSSR count). The molecule has 0 bridgehead atoms. The van der Waals surface area contributed by atoms with Gasteiger partial charge in [-0.05, 0) is 47.7 Å². The van der Waals surface area contributed by atoms with Gasteiger partial charge in [0.15, 0.2) is 0 Å². The molecule has 0 spiro atoms. The van der Waals surface area contributed by atoms with E-state index in [1.165, 1.54) is 48.4 Å². The topological polar surface area (TPSA) is 0 Å². The van der Waals surface area contributed by atoms with Gasteiger partial charge >= 0.3 is 0 Å². The van der Waals surface area contributed by atoms with Crippen molar-refractivity contribution in [2.24, 2.45) is 0 Å². The van der Waals surface area contributed by atoms with Gasteiger partial charge in [0.25, 0.3) is 0 Å². The first kappa shape index (κ1) is 23.3. The maximum atomic E-state index is 2.33. The molecule has 0 atom stereocenters. The Morgan fingerprint density at radius 2 is 1.37 bits per heavy atom. The molecule has 35 heavy (non-hydrogen) atoms. The molecule has 0 fully saturated rings. The summed E-state index contributed by atoms with van der Waals surface area (Å²) in [5.41, 5.74) is 9.16. The van der Waals surface area contributed by atoms with Gasteiger partial charge in [0.2, 0.25) is 6.71 Å². The Bertz CT molecular complexity index is 1390. The summed E-state index contributed by atoms with van der Waals surface area (Å²) in [6, 6.07) is 35.5. The molecule has 1 aliphatic rings. The van der Waals surface area contributed by atoms with Gasteiger partial charge in [0, 0.05) is 9.79 Å². The van der Waals surface area contributed by atoms with Gasteiger partial charge in [-0.1, -0.05) is 150 Å². The van der Waals surface area contributed by atoms with Crippen molar-refractivity contribution in [1.82, 2.24) is 0 Å². The Labute approximate surface area is 214 Å². The highest BCUT2D eigenvalue weighted by atomic mass is 32.2. The summed E-state index contributed by atoms with van der Waals surface area (Å²) in [5.74, 6) is 0. The zero-order valence-corrected chi connectivity index (χ0v) is 21.1. The van der Waals surface area contributed by atoms with Crippen LogP contribution in [0.3, 0.4) is 0 Å². The molecule has 0 unspecified atom stereocenters. The molecule has 170 valence electrons. The zero-order valence-electron chi connectivity index (χ0n) is 20.3. The monoisotopic (exact) mass is 468 g/mol. The van der Waals surface area contributed by atoms with E-state index in [0.29, 0.717) is 0 Å². The summed E-state index contributed by atoms with van der Waals surface area (Å²) >= 11 is 1.86. The van der Waals surface area contributed by atoms with Crippen molar-refractivity contribution in [3.8, 4) is 11.1 Å². The lowest BCUT2D eigenvalue weighted by molar-refractivity contribution is 1.18. The van der Waals surface area contributed by atoms with Crippen molar-refractivity contribution >= 4 is 41.6 Å². The number of hydrogen-bond acceptors (Lipinski definition) is 1. The SMILES string of the molecule is C/C=C\C=C(/CC)B(c1ccccc1)c1ccc(-c2ccc3c(c2)Sc2ccccc2C=C3)cc1. The second-order valence-electron chi connectivity index (χ2n) is 8.81. The van der Waals surface area contributed by atoms with Crippen LogP contribution in [0, 0.1) is 0 Å². The number of rotatable bonds is 6. The molecule has 0 radical (unpaired) electrons. The fourth-order valence-electron chi connectivity index (χ4n) is 4.72. The maximum absolute atomic E-state index is 2.33. The van der Waals surface area contributed by atoms with Crippen LogP contribution in [0.5, 0.6) is 0 Å². The Kier molecular flexibility index (Phi) is 7.21. The van der Waals surface area contributed by atoms with E-state index in [-0.39, 0.29) is 6.71 Å². The predicted octanol–water partition coefficient (Wildman–Crippen LogP) is 8.05. The van der Waals surface area contributed by atoms with Crippen LogP contribution in [0.4, 0.5) is 0 Å². The molecular weight excluding hydrogens is 439 g/mol. The summed E-state index contributed by atoms with van der Waals surface area (Å²) in [4.78, 5) is 2.61. The normalized spacial score (nSPS) is 12.8. The highest BCUT2D eigenvalue weighted by Crippen LogP contribution is 2.39. The average Bonchev–Trinajstić information content (AvgIpc) is 3.10. The summed E-state index contributed by atoms with van der Waals surface area (Å²) in [6.45, 7) is 4.58. The van der Waals surface area contributed by atoms with Crippen LogP contribution in [0.15, 0.2) is 131 Å². The minimum atomic E-state index is 0.260.